The van der Waals surface area contributed by atoms with E-state index < -0.39 is 0 Å². The predicted molar refractivity (Wildman–Crippen MR) is 144 cm³/mol. The Balaban J connectivity index is 0.000000877. The van der Waals surface area contributed by atoms with E-state index in [4.69, 9.17) is 4.74 Å². The van der Waals surface area contributed by atoms with Gasteiger partial charge >= 0.3 is 5.97 Å². The lowest BCUT2D eigenvalue weighted by atomic mass is 10.1. The van der Waals surface area contributed by atoms with Gasteiger partial charge in [-0.1, -0.05) is 38.1 Å². The molecule has 1 N–H and O–H groups in total. The van der Waals surface area contributed by atoms with Gasteiger partial charge in [-0.05, 0) is 56.4 Å². The van der Waals surface area contributed by atoms with Gasteiger partial charge in [0.25, 0.3) is 0 Å². The molecule has 10 nitrogen and oxygen atoms in total. The lowest BCUT2D eigenvalue weighted by Crippen LogP contribution is -2.39. The molecule has 0 saturated heterocycles. The number of rotatable bonds is 10. The van der Waals surface area contributed by atoms with Crippen LogP contribution in [0.4, 0.5) is 5.69 Å². The van der Waals surface area contributed by atoms with Crippen LogP contribution in [0.5, 0.6) is 0 Å². The van der Waals surface area contributed by atoms with Gasteiger partial charge in [0, 0.05) is 12.3 Å². The molecule has 0 spiro atoms. The number of amides is 2. The molecule has 37 heavy (non-hydrogen) atoms. The molecule has 3 aromatic rings. The van der Waals surface area contributed by atoms with Crippen LogP contribution in [-0.2, 0) is 38.6 Å². The summed E-state index contributed by atoms with van der Waals surface area (Å²) in [4.78, 5) is 41.7. The molecule has 0 unspecified atom stereocenters. The second kappa shape index (κ2) is 15.1. The predicted octanol–water partition coefficient (Wildman–Crippen LogP) is 3.12. The maximum atomic E-state index is 11.7. The average molecular weight is 509 g/mol. The van der Waals surface area contributed by atoms with E-state index in [1.807, 2.05) is 30.3 Å². The minimum atomic E-state index is -0.339. The lowest BCUT2D eigenvalue weighted by molar-refractivity contribution is -0.141. The van der Waals surface area contributed by atoms with E-state index in [0.717, 1.165) is 29.4 Å². The SMILES string of the molecule is CCN(C)C.CCc1ccc(CN(C=O)C(=Nc2ccc3c(cnn3CCOC(C)=O)c2)NC=O)cc1. The highest BCUT2D eigenvalue weighted by Gasteiger charge is 2.12. The molecule has 0 aliphatic carbocycles. The Bertz CT molecular complexity index is 1190. The zero-order valence-electron chi connectivity index (χ0n) is 22.2. The van der Waals surface area contributed by atoms with Crippen LogP contribution < -0.4 is 5.32 Å². The average Bonchev–Trinajstić information content (AvgIpc) is 3.29. The number of ether oxygens (including phenoxy) is 1. The third-order valence-electron chi connectivity index (χ3n) is 5.47. The number of aliphatic imine (C=N–C) groups is 1. The first-order valence-electron chi connectivity index (χ1n) is 12.1. The molecule has 2 amide bonds. The largest absolute Gasteiger partial charge is 0.464 e. The van der Waals surface area contributed by atoms with Crippen LogP contribution in [0.2, 0.25) is 0 Å². The molecule has 198 valence electrons. The number of aromatic nitrogens is 2. The topological polar surface area (TPSA) is 109 Å². The van der Waals surface area contributed by atoms with Crippen LogP contribution in [0.3, 0.4) is 0 Å². The highest BCUT2D eigenvalue weighted by atomic mass is 16.5. The Morgan fingerprint density at radius 2 is 1.78 bits per heavy atom. The number of fused-ring (bicyclic) bond motifs is 1. The van der Waals surface area contributed by atoms with Crippen molar-refractivity contribution in [3.63, 3.8) is 0 Å². The number of aryl methyl sites for hydroxylation is 1. The molecule has 1 heterocycles. The quantitative estimate of drug-likeness (QED) is 0.195. The van der Waals surface area contributed by atoms with Crippen molar-refractivity contribution in [2.75, 3.05) is 27.2 Å². The summed E-state index contributed by atoms with van der Waals surface area (Å²) >= 11 is 0. The maximum absolute atomic E-state index is 11.7. The minimum absolute atomic E-state index is 0.121. The van der Waals surface area contributed by atoms with Crippen molar-refractivity contribution in [2.24, 2.45) is 4.99 Å². The number of hydrogen-bond donors (Lipinski definition) is 1. The van der Waals surface area contributed by atoms with Gasteiger partial charge in [-0.25, -0.2) is 4.99 Å². The van der Waals surface area contributed by atoms with E-state index in [-0.39, 0.29) is 25.1 Å². The number of nitrogens with zero attached hydrogens (tertiary/aromatic N) is 5. The zero-order chi connectivity index (χ0) is 27.2. The van der Waals surface area contributed by atoms with Crippen molar-refractivity contribution >= 4 is 41.3 Å². The summed E-state index contributed by atoms with van der Waals surface area (Å²) < 4.78 is 6.70. The maximum Gasteiger partial charge on any atom is 0.302 e. The molecule has 0 bridgehead atoms. The van der Waals surface area contributed by atoms with Gasteiger partial charge in [0.15, 0.2) is 0 Å². The second-order valence-electron chi connectivity index (χ2n) is 8.45. The Kier molecular flexibility index (Phi) is 11.9. The number of carbonyl (C=O) groups excluding carboxylic acids is 3. The standard InChI is InChI=1S/C23H25N5O4.C4H11N/c1-3-18-4-6-19(7-5-18)14-27(16-30)23(24-15-29)26-21-8-9-22-20(12-21)13-25-28(22)10-11-32-17(2)31;1-4-5(2)3/h4-9,12-13,15-16H,3,10-11,14H2,1-2H3,(H,24,26,29);4H2,1-3H3. The number of hydrogen-bond acceptors (Lipinski definition) is 7. The number of carbonyl (C=O) groups is 3. The van der Waals surface area contributed by atoms with Crippen LogP contribution in [0.25, 0.3) is 10.9 Å². The molecule has 1 aromatic heterocycles. The first kappa shape index (κ1) is 29.2. The molecule has 3 rings (SSSR count). The van der Waals surface area contributed by atoms with E-state index in [1.165, 1.54) is 17.4 Å². The van der Waals surface area contributed by atoms with Crippen molar-refractivity contribution in [3.05, 3.63) is 59.8 Å². The molecule has 0 aliphatic rings. The van der Waals surface area contributed by atoms with E-state index in [9.17, 15) is 14.4 Å². The van der Waals surface area contributed by atoms with Gasteiger partial charge in [-0.15, -0.1) is 0 Å². The summed E-state index contributed by atoms with van der Waals surface area (Å²) in [5.74, 6) is -0.217. The number of nitrogens with one attached hydrogen (secondary N) is 1. The summed E-state index contributed by atoms with van der Waals surface area (Å²) in [6, 6.07) is 13.3. The van der Waals surface area contributed by atoms with Crippen molar-refractivity contribution < 1.29 is 19.1 Å². The Hall–Kier alpha value is -4.05. The number of esters is 1. The molecular formula is C27H36N6O4. The summed E-state index contributed by atoms with van der Waals surface area (Å²) in [6.45, 7) is 7.63. The molecule has 0 atom stereocenters. The van der Waals surface area contributed by atoms with Crippen molar-refractivity contribution in [1.29, 1.82) is 0 Å². The van der Waals surface area contributed by atoms with Crippen LogP contribution >= 0.6 is 0 Å². The molecular weight excluding hydrogens is 472 g/mol. The number of guanidine groups is 1. The summed E-state index contributed by atoms with van der Waals surface area (Å²) in [5.41, 5.74) is 3.52. The monoisotopic (exact) mass is 508 g/mol. The summed E-state index contributed by atoms with van der Waals surface area (Å²) in [6.07, 6.45) is 3.73. The third-order valence-corrected chi connectivity index (χ3v) is 5.47. The Morgan fingerprint density at radius 3 is 2.35 bits per heavy atom. The Labute approximate surface area is 217 Å². The smallest absolute Gasteiger partial charge is 0.302 e. The highest BCUT2D eigenvalue weighted by Crippen LogP contribution is 2.22. The van der Waals surface area contributed by atoms with E-state index in [2.05, 4.69) is 48.3 Å². The molecule has 0 saturated carbocycles. The van der Waals surface area contributed by atoms with Crippen molar-refractivity contribution in [2.45, 2.75) is 40.3 Å². The first-order valence-corrected chi connectivity index (χ1v) is 12.1. The molecule has 10 heteroatoms. The zero-order valence-corrected chi connectivity index (χ0v) is 22.2. The van der Waals surface area contributed by atoms with Gasteiger partial charge in [-0.3, -0.25) is 29.3 Å². The van der Waals surface area contributed by atoms with Gasteiger partial charge < -0.3 is 9.64 Å². The lowest BCUT2D eigenvalue weighted by Gasteiger charge is -2.19. The van der Waals surface area contributed by atoms with Crippen LogP contribution in [-0.4, -0.2) is 71.6 Å². The molecule has 0 radical (unpaired) electrons. The van der Waals surface area contributed by atoms with Crippen LogP contribution in [0, 0.1) is 0 Å². The highest BCUT2D eigenvalue weighted by molar-refractivity contribution is 5.96. The molecule has 0 fully saturated rings. The van der Waals surface area contributed by atoms with Crippen LogP contribution in [0.1, 0.15) is 31.9 Å². The van der Waals surface area contributed by atoms with Crippen LogP contribution in [0.15, 0.2) is 53.7 Å². The minimum Gasteiger partial charge on any atom is -0.464 e. The first-order chi connectivity index (χ1) is 17.8. The second-order valence-corrected chi connectivity index (χ2v) is 8.45. The normalized spacial score (nSPS) is 11.0. The number of benzene rings is 2. The summed E-state index contributed by atoms with van der Waals surface area (Å²) in [5, 5.41) is 7.65. The molecule has 2 aromatic carbocycles. The van der Waals surface area contributed by atoms with Gasteiger partial charge in [-0.2, -0.15) is 5.10 Å². The fourth-order valence-corrected chi connectivity index (χ4v) is 3.19. The van der Waals surface area contributed by atoms with E-state index >= 15 is 0 Å². The van der Waals surface area contributed by atoms with Gasteiger partial charge in [0.05, 0.1) is 30.5 Å². The van der Waals surface area contributed by atoms with Crippen molar-refractivity contribution in [1.82, 2.24) is 24.9 Å². The fourth-order valence-electron chi connectivity index (χ4n) is 3.19. The van der Waals surface area contributed by atoms with Gasteiger partial charge in [0.2, 0.25) is 18.8 Å². The van der Waals surface area contributed by atoms with E-state index in [0.29, 0.717) is 25.1 Å². The molecule has 0 aliphatic heterocycles. The van der Waals surface area contributed by atoms with E-state index in [1.54, 1.807) is 23.0 Å². The van der Waals surface area contributed by atoms with Crippen molar-refractivity contribution in [3.8, 4) is 0 Å². The third kappa shape index (κ3) is 9.49. The summed E-state index contributed by atoms with van der Waals surface area (Å²) in [7, 11) is 4.11. The van der Waals surface area contributed by atoms with Gasteiger partial charge in [0.1, 0.15) is 6.61 Å². The fraction of sp³-hybridized carbons (Fsp3) is 0.370. The Morgan fingerprint density at radius 1 is 1.11 bits per heavy atom.